The molecule has 20 heavy (non-hydrogen) atoms. The second kappa shape index (κ2) is 4.73. The molecular weight excluding hydrogens is 283 g/mol. The van der Waals surface area contributed by atoms with E-state index in [1.165, 1.54) is 12.1 Å². The van der Waals surface area contributed by atoms with Crippen LogP contribution in [-0.4, -0.2) is 12.5 Å². The first kappa shape index (κ1) is 14.2. The molecule has 1 heterocycles. The molecule has 0 bridgehead atoms. The number of carbonyl (C=O) groups excluding carboxylic acids is 1. The van der Waals surface area contributed by atoms with Crippen LogP contribution >= 0.6 is 0 Å². The van der Waals surface area contributed by atoms with E-state index in [4.69, 9.17) is 4.42 Å². The summed E-state index contributed by atoms with van der Waals surface area (Å²) in [5.74, 6) is -5.41. The maximum atomic E-state index is 13.5. The Labute approximate surface area is 109 Å². The van der Waals surface area contributed by atoms with E-state index in [1.54, 1.807) is 0 Å². The van der Waals surface area contributed by atoms with Crippen LogP contribution in [0.3, 0.4) is 0 Å². The second-order valence-corrected chi connectivity index (χ2v) is 3.94. The average molecular weight is 290 g/mol. The van der Waals surface area contributed by atoms with Crippen LogP contribution < -0.4 is 0 Å². The summed E-state index contributed by atoms with van der Waals surface area (Å²) in [4.78, 5) is 10.5. The molecule has 0 atom stereocenters. The largest absolute Gasteiger partial charge is 0.458 e. The highest BCUT2D eigenvalue weighted by Gasteiger charge is 2.59. The number of benzene rings is 1. The summed E-state index contributed by atoms with van der Waals surface area (Å²) in [6.45, 7) is 0. The molecule has 106 valence electrons. The summed E-state index contributed by atoms with van der Waals surface area (Å²) in [6.07, 6.45) is -5.39. The predicted octanol–water partition coefficient (Wildman–Crippen LogP) is 4.41. The summed E-state index contributed by atoms with van der Waals surface area (Å²) >= 11 is 0. The summed E-state index contributed by atoms with van der Waals surface area (Å²) < 4.78 is 69.2. The van der Waals surface area contributed by atoms with Crippen LogP contribution in [0.15, 0.2) is 40.8 Å². The third-order valence-electron chi connectivity index (χ3n) is 2.63. The third kappa shape index (κ3) is 2.31. The van der Waals surface area contributed by atoms with Gasteiger partial charge in [0.25, 0.3) is 0 Å². The van der Waals surface area contributed by atoms with Gasteiger partial charge in [-0.15, -0.1) is 0 Å². The highest BCUT2D eigenvalue weighted by Crippen LogP contribution is 2.47. The van der Waals surface area contributed by atoms with Crippen molar-refractivity contribution in [3.05, 3.63) is 47.7 Å². The molecule has 0 unspecified atom stereocenters. The van der Waals surface area contributed by atoms with E-state index in [9.17, 15) is 26.7 Å². The molecule has 0 saturated heterocycles. The number of furan rings is 1. The van der Waals surface area contributed by atoms with Gasteiger partial charge in [0, 0.05) is 11.1 Å². The zero-order valence-electron chi connectivity index (χ0n) is 9.75. The normalized spacial score (nSPS) is 12.4. The minimum absolute atomic E-state index is 0.162. The molecule has 2 rings (SSSR count). The number of halogens is 5. The maximum Gasteiger partial charge on any atom is 0.458 e. The zero-order valence-corrected chi connectivity index (χ0v) is 9.75. The third-order valence-corrected chi connectivity index (χ3v) is 2.63. The minimum Gasteiger partial charge on any atom is -0.453 e. The van der Waals surface area contributed by atoms with Crippen molar-refractivity contribution >= 4 is 6.29 Å². The molecule has 2 aromatic rings. The van der Waals surface area contributed by atoms with Gasteiger partial charge >= 0.3 is 12.1 Å². The minimum atomic E-state index is -5.72. The van der Waals surface area contributed by atoms with Crippen LogP contribution in [0.25, 0.3) is 11.3 Å². The molecule has 0 fully saturated rings. The summed E-state index contributed by atoms with van der Waals surface area (Å²) in [5.41, 5.74) is -1.64. The lowest BCUT2D eigenvalue weighted by Crippen LogP contribution is -2.34. The number of carbonyl (C=O) groups is 1. The molecule has 0 N–H and O–H groups in total. The Morgan fingerprint density at radius 3 is 2.15 bits per heavy atom. The zero-order chi connectivity index (χ0) is 15.0. The standard InChI is InChI=1S/C13H7F5O2/c14-12(15,13(16,17)18)10-4-2-1-3-9(10)11-6-5-8(7-19)20-11/h1-7H. The first-order valence-corrected chi connectivity index (χ1v) is 5.37. The Bertz CT molecular complexity index is 628. The van der Waals surface area contributed by atoms with Crippen LogP contribution in [0.2, 0.25) is 0 Å². The van der Waals surface area contributed by atoms with E-state index < -0.39 is 23.2 Å². The molecule has 0 aliphatic carbocycles. The fourth-order valence-corrected chi connectivity index (χ4v) is 1.69. The average Bonchev–Trinajstić information content (AvgIpc) is 2.86. The van der Waals surface area contributed by atoms with E-state index in [0.29, 0.717) is 12.4 Å². The van der Waals surface area contributed by atoms with Gasteiger partial charge in [-0.05, 0) is 12.1 Å². The van der Waals surface area contributed by atoms with Crippen LogP contribution in [-0.2, 0) is 5.92 Å². The molecule has 1 aromatic carbocycles. The molecule has 1 aromatic heterocycles. The van der Waals surface area contributed by atoms with Crippen LogP contribution in [0.4, 0.5) is 22.0 Å². The van der Waals surface area contributed by atoms with E-state index in [0.717, 1.165) is 18.2 Å². The number of hydrogen-bond donors (Lipinski definition) is 0. The van der Waals surface area contributed by atoms with Crippen molar-refractivity contribution in [1.82, 2.24) is 0 Å². The number of alkyl halides is 5. The number of hydrogen-bond acceptors (Lipinski definition) is 2. The van der Waals surface area contributed by atoms with Gasteiger partial charge in [-0.2, -0.15) is 22.0 Å². The van der Waals surface area contributed by atoms with Gasteiger partial charge in [-0.3, -0.25) is 4.79 Å². The SMILES string of the molecule is O=Cc1ccc(-c2ccccc2C(F)(F)C(F)(F)F)o1. The molecule has 0 radical (unpaired) electrons. The van der Waals surface area contributed by atoms with Crippen molar-refractivity contribution in [2.24, 2.45) is 0 Å². The summed E-state index contributed by atoms with van der Waals surface area (Å²) in [6, 6.07) is 6.46. The fourth-order valence-electron chi connectivity index (χ4n) is 1.69. The van der Waals surface area contributed by atoms with Crippen LogP contribution in [0.1, 0.15) is 16.1 Å². The maximum absolute atomic E-state index is 13.5. The van der Waals surface area contributed by atoms with Gasteiger partial charge in [0.1, 0.15) is 5.76 Å². The first-order valence-electron chi connectivity index (χ1n) is 5.37. The van der Waals surface area contributed by atoms with Gasteiger partial charge in [0.05, 0.1) is 0 Å². The van der Waals surface area contributed by atoms with E-state index in [1.807, 2.05) is 0 Å². The highest BCUT2D eigenvalue weighted by molar-refractivity contribution is 5.73. The lowest BCUT2D eigenvalue weighted by molar-refractivity contribution is -0.289. The fraction of sp³-hybridized carbons (Fsp3) is 0.154. The van der Waals surface area contributed by atoms with Crippen molar-refractivity contribution in [1.29, 1.82) is 0 Å². The first-order chi connectivity index (χ1) is 9.27. The summed E-state index contributed by atoms with van der Waals surface area (Å²) in [7, 11) is 0. The van der Waals surface area contributed by atoms with E-state index in [2.05, 4.69) is 0 Å². The monoisotopic (exact) mass is 290 g/mol. The van der Waals surface area contributed by atoms with Gasteiger partial charge in [0.15, 0.2) is 12.0 Å². The predicted molar refractivity (Wildman–Crippen MR) is 59.5 cm³/mol. The molecule has 0 saturated carbocycles. The molecule has 2 nitrogen and oxygen atoms in total. The molecular formula is C13H7F5O2. The molecule has 0 aliphatic rings. The second-order valence-electron chi connectivity index (χ2n) is 3.94. The summed E-state index contributed by atoms with van der Waals surface area (Å²) in [5, 5.41) is 0. The van der Waals surface area contributed by atoms with Crippen LogP contribution in [0.5, 0.6) is 0 Å². The van der Waals surface area contributed by atoms with Gasteiger partial charge in [0.2, 0.25) is 0 Å². The van der Waals surface area contributed by atoms with Gasteiger partial charge in [-0.1, -0.05) is 24.3 Å². The highest BCUT2D eigenvalue weighted by atomic mass is 19.4. The van der Waals surface area contributed by atoms with E-state index in [-0.39, 0.29) is 11.5 Å². The van der Waals surface area contributed by atoms with Crippen molar-refractivity contribution in [3.63, 3.8) is 0 Å². The van der Waals surface area contributed by atoms with Crippen molar-refractivity contribution < 1.29 is 31.2 Å². The lowest BCUT2D eigenvalue weighted by Gasteiger charge is -2.21. The Balaban J connectivity index is 2.59. The quantitative estimate of drug-likeness (QED) is 0.619. The number of rotatable bonds is 3. The molecule has 0 amide bonds. The Kier molecular flexibility index (Phi) is 3.37. The van der Waals surface area contributed by atoms with Gasteiger partial charge < -0.3 is 4.42 Å². The lowest BCUT2D eigenvalue weighted by atomic mass is 9.99. The van der Waals surface area contributed by atoms with Crippen LogP contribution in [0, 0.1) is 0 Å². The van der Waals surface area contributed by atoms with Crippen molar-refractivity contribution in [2.45, 2.75) is 12.1 Å². The van der Waals surface area contributed by atoms with Crippen molar-refractivity contribution in [3.8, 4) is 11.3 Å². The Morgan fingerprint density at radius 2 is 1.60 bits per heavy atom. The van der Waals surface area contributed by atoms with E-state index >= 15 is 0 Å². The smallest absolute Gasteiger partial charge is 0.453 e. The molecule has 7 heteroatoms. The topological polar surface area (TPSA) is 30.2 Å². The Hall–Kier alpha value is -2.18. The molecule has 0 aliphatic heterocycles. The van der Waals surface area contributed by atoms with Crippen molar-refractivity contribution in [2.75, 3.05) is 0 Å². The van der Waals surface area contributed by atoms with Gasteiger partial charge in [-0.25, -0.2) is 0 Å². The number of aldehydes is 1. The Morgan fingerprint density at radius 1 is 0.950 bits per heavy atom. The molecule has 0 spiro atoms.